The number of pyridine rings is 1. The van der Waals surface area contributed by atoms with E-state index in [9.17, 15) is 5.26 Å². The van der Waals surface area contributed by atoms with Gasteiger partial charge in [-0.3, -0.25) is 4.98 Å². The number of benzene rings is 3. The molecule has 0 bridgehead atoms. The first-order valence-corrected chi connectivity index (χ1v) is 12.8. The minimum Gasteiger partial charge on any atom is -0.301 e. The predicted octanol–water partition coefficient (Wildman–Crippen LogP) is 7.94. The van der Waals surface area contributed by atoms with E-state index in [4.69, 9.17) is 5.26 Å². The number of allylic oxidation sites excluding steroid dienone is 4. The smallest absolute Gasteiger partial charge is 0.101 e. The van der Waals surface area contributed by atoms with Crippen molar-refractivity contribution >= 4 is 10.8 Å². The van der Waals surface area contributed by atoms with E-state index >= 15 is 0 Å². The van der Waals surface area contributed by atoms with E-state index in [0.29, 0.717) is 17.7 Å². The third-order valence-corrected chi connectivity index (χ3v) is 6.46. The van der Waals surface area contributed by atoms with Crippen molar-refractivity contribution in [2.45, 2.75) is 32.9 Å². The summed E-state index contributed by atoms with van der Waals surface area (Å²) in [7, 11) is 0. The normalized spacial score (nSPS) is 12.6. The van der Waals surface area contributed by atoms with Crippen LogP contribution < -0.4 is 5.32 Å². The Morgan fingerprint density at radius 2 is 1.79 bits per heavy atom. The van der Waals surface area contributed by atoms with Gasteiger partial charge in [0.2, 0.25) is 0 Å². The van der Waals surface area contributed by atoms with Crippen molar-refractivity contribution in [3.63, 3.8) is 0 Å². The second-order valence-electron chi connectivity index (χ2n) is 8.89. The number of nitriles is 2. The molecule has 0 radical (unpaired) electrons. The van der Waals surface area contributed by atoms with Crippen LogP contribution in [0.3, 0.4) is 0 Å². The Bertz CT molecular complexity index is 1570. The minimum absolute atomic E-state index is 0.134. The molecule has 1 unspecified atom stereocenters. The SMILES string of the molecule is C\C=C(/C=C\C=C\CC)C(NCc1ccc(C#N)cn1)c1ccc(C#N)c(-c2cccc3ccccc23)c1. The van der Waals surface area contributed by atoms with Crippen molar-refractivity contribution in [2.24, 2.45) is 0 Å². The van der Waals surface area contributed by atoms with Crippen LogP contribution >= 0.6 is 0 Å². The average Bonchev–Trinajstić information content (AvgIpc) is 2.98. The van der Waals surface area contributed by atoms with E-state index in [-0.39, 0.29) is 6.04 Å². The summed E-state index contributed by atoms with van der Waals surface area (Å²) in [5.74, 6) is 0. The van der Waals surface area contributed by atoms with E-state index in [1.165, 1.54) is 0 Å². The first kappa shape index (κ1) is 26.3. The molecule has 1 atom stereocenters. The molecule has 0 aliphatic rings. The van der Waals surface area contributed by atoms with E-state index in [1.807, 2.05) is 43.3 Å². The number of hydrogen-bond acceptors (Lipinski definition) is 4. The standard InChI is InChI=1S/C34H30N4/c1-3-5-6-7-11-26(4-2)34(38-24-30-19-16-25(21-35)23-37-30)28-17-18-29(22-36)33(20-28)32-15-10-13-27-12-8-9-14-31(27)32/h4-20,23,34,38H,3,24H2,1-2H3/b6-5+,11-7-,26-4+. The number of fused-ring (bicyclic) bond motifs is 1. The van der Waals surface area contributed by atoms with Crippen molar-refractivity contribution in [3.8, 4) is 23.3 Å². The van der Waals surface area contributed by atoms with Crippen LogP contribution in [0.2, 0.25) is 0 Å². The fraction of sp³-hybridized carbons (Fsp3) is 0.147. The van der Waals surface area contributed by atoms with Gasteiger partial charge in [0.1, 0.15) is 6.07 Å². The monoisotopic (exact) mass is 494 g/mol. The molecule has 3 aromatic carbocycles. The third kappa shape index (κ3) is 6.13. The van der Waals surface area contributed by atoms with Crippen LogP contribution in [-0.2, 0) is 6.54 Å². The summed E-state index contributed by atoms with van der Waals surface area (Å²) in [5.41, 5.74) is 6.14. The molecule has 38 heavy (non-hydrogen) atoms. The molecule has 4 nitrogen and oxygen atoms in total. The number of aromatic nitrogens is 1. The van der Waals surface area contributed by atoms with E-state index < -0.39 is 0 Å². The van der Waals surface area contributed by atoms with Crippen LogP contribution in [0.15, 0.2) is 115 Å². The Morgan fingerprint density at radius 1 is 0.947 bits per heavy atom. The van der Waals surface area contributed by atoms with Gasteiger partial charge >= 0.3 is 0 Å². The molecule has 1 aromatic heterocycles. The summed E-state index contributed by atoms with van der Waals surface area (Å²) < 4.78 is 0. The maximum atomic E-state index is 9.97. The molecule has 0 saturated carbocycles. The Hall–Kier alpha value is -4.77. The average molecular weight is 495 g/mol. The molecule has 4 rings (SSSR count). The Kier molecular flexibility index (Phi) is 8.98. The zero-order valence-corrected chi connectivity index (χ0v) is 21.7. The first-order chi connectivity index (χ1) is 18.7. The molecular weight excluding hydrogens is 464 g/mol. The van der Waals surface area contributed by atoms with E-state index in [2.05, 4.69) is 90.1 Å². The van der Waals surface area contributed by atoms with Crippen LogP contribution in [0.4, 0.5) is 0 Å². The molecular formula is C34H30N4. The molecule has 0 amide bonds. The molecule has 1 heterocycles. The maximum absolute atomic E-state index is 9.97. The van der Waals surface area contributed by atoms with Gasteiger partial charge in [0, 0.05) is 18.3 Å². The number of hydrogen-bond donors (Lipinski definition) is 1. The molecule has 0 spiro atoms. The lowest BCUT2D eigenvalue weighted by Gasteiger charge is -2.22. The van der Waals surface area contributed by atoms with Crippen LogP contribution in [0.25, 0.3) is 21.9 Å². The Balaban J connectivity index is 1.78. The fourth-order valence-electron chi connectivity index (χ4n) is 4.49. The Morgan fingerprint density at radius 3 is 2.53 bits per heavy atom. The zero-order valence-electron chi connectivity index (χ0n) is 21.7. The quantitative estimate of drug-likeness (QED) is 0.240. The van der Waals surface area contributed by atoms with Gasteiger partial charge in [-0.25, -0.2) is 0 Å². The summed E-state index contributed by atoms with van der Waals surface area (Å²) in [5, 5.41) is 25.0. The van der Waals surface area contributed by atoms with Crippen molar-refractivity contribution in [1.29, 1.82) is 10.5 Å². The summed E-state index contributed by atoms with van der Waals surface area (Å²) in [6.07, 6.45) is 13.0. The maximum Gasteiger partial charge on any atom is 0.101 e. The highest BCUT2D eigenvalue weighted by molar-refractivity contribution is 5.97. The lowest BCUT2D eigenvalue weighted by molar-refractivity contribution is 0.595. The van der Waals surface area contributed by atoms with Gasteiger partial charge in [-0.1, -0.05) is 85.8 Å². The van der Waals surface area contributed by atoms with Gasteiger partial charge in [-0.05, 0) is 65.1 Å². The molecule has 186 valence electrons. The van der Waals surface area contributed by atoms with E-state index in [1.54, 1.807) is 12.3 Å². The number of rotatable bonds is 9. The highest BCUT2D eigenvalue weighted by atomic mass is 14.9. The van der Waals surface area contributed by atoms with E-state index in [0.717, 1.165) is 45.2 Å². The lowest BCUT2D eigenvalue weighted by atomic mass is 9.90. The third-order valence-electron chi connectivity index (χ3n) is 6.46. The number of nitrogens with one attached hydrogen (secondary N) is 1. The van der Waals surface area contributed by atoms with Crippen LogP contribution in [0, 0.1) is 22.7 Å². The van der Waals surface area contributed by atoms with Crippen molar-refractivity contribution < 1.29 is 0 Å². The molecule has 4 heteroatoms. The summed E-state index contributed by atoms with van der Waals surface area (Å²) >= 11 is 0. The first-order valence-electron chi connectivity index (χ1n) is 12.8. The molecule has 0 saturated heterocycles. The molecule has 0 fully saturated rings. The molecule has 1 N–H and O–H groups in total. The van der Waals surface area contributed by atoms with Crippen LogP contribution in [-0.4, -0.2) is 4.98 Å². The van der Waals surface area contributed by atoms with Gasteiger partial charge in [0.05, 0.1) is 28.9 Å². The largest absolute Gasteiger partial charge is 0.301 e. The topological polar surface area (TPSA) is 72.5 Å². The van der Waals surface area contributed by atoms with Crippen molar-refractivity contribution in [2.75, 3.05) is 0 Å². The fourth-order valence-corrected chi connectivity index (χ4v) is 4.49. The van der Waals surface area contributed by atoms with Crippen LogP contribution in [0.1, 0.15) is 48.7 Å². The van der Waals surface area contributed by atoms with Gasteiger partial charge in [0.25, 0.3) is 0 Å². The lowest BCUT2D eigenvalue weighted by Crippen LogP contribution is -2.23. The Labute approximate surface area is 224 Å². The van der Waals surface area contributed by atoms with Crippen molar-refractivity contribution in [1.82, 2.24) is 10.3 Å². The predicted molar refractivity (Wildman–Crippen MR) is 155 cm³/mol. The number of nitrogens with zero attached hydrogens (tertiary/aromatic N) is 3. The highest BCUT2D eigenvalue weighted by Gasteiger charge is 2.18. The van der Waals surface area contributed by atoms with Gasteiger partial charge in [-0.15, -0.1) is 0 Å². The summed E-state index contributed by atoms with van der Waals surface area (Å²) in [6, 6.07) is 28.6. The second kappa shape index (κ2) is 13.0. The highest BCUT2D eigenvalue weighted by Crippen LogP contribution is 2.34. The minimum atomic E-state index is -0.134. The molecule has 0 aliphatic heterocycles. The summed E-state index contributed by atoms with van der Waals surface area (Å²) in [6.45, 7) is 4.67. The van der Waals surface area contributed by atoms with Crippen LogP contribution in [0.5, 0.6) is 0 Å². The second-order valence-corrected chi connectivity index (χ2v) is 8.89. The molecule has 0 aliphatic carbocycles. The van der Waals surface area contributed by atoms with Gasteiger partial charge in [-0.2, -0.15) is 10.5 Å². The van der Waals surface area contributed by atoms with Crippen molar-refractivity contribution in [3.05, 3.63) is 137 Å². The van der Waals surface area contributed by atoms with Gasteiger partial charge in [0.15, 0.2) is 0 Å². The van der Waals surface area contributed by atoms with Gasteiger partial charge < -0.3 is 5.32 Å². The summed E-state index contributed by atoms with van der Waals surface area (Å²) in [4.78, 5) is 4.44. The molecule has 4 aromatic rings. The zero-order chi connectivity index (χ0) is 26.7.